The first-order chi connectivity index (χ1) is 7.68. The summed E-state index contributed by atoms with van der Waals surface area (Å²) in [6.45, 7) is 2.30. The Morgan fingerprint density at radius 2 is 2.06 bits per heavy atom. The summed E-state index contributed by atoms with van der Waals surface area (Å²) in [7, 11) is 0. The quantitative estimate of drug-likeness (QED) is 0.831. The summed E-state index contributed by atoms with van der Waals surface area (Å²) >= 11 is 0. The van der Waals surface area contributed by atoms with Gasteiger partial charge in [0.25, 0.3) is 0 Å². The molecular formula is C14H20FN. The fourth-order valence-electron chi connectivity index (χ4n) is 2.71. The third-order valence-electron chi connectivity index (χ3n) is 3.79. The van der Waals surface area contributed by atoms with Crippen LogP contribution in [0.25, 0.3) is 0 Å². The van der Waals surface area contributed by atoms with E-state index in [1.807, 2.05) is 18.2 Å². The van der Waals surface area contributed by atoms with Crippen molar-refractivity contribution in [1.29, 1.82) is 0 Å². The fraction of sp³-hybridized carbons (Fsp3) is 0.571. The van der Waals surface area contributed by atoms with E-state index in [4.69, 9.17) is 5.73 Å². The highest BCUT2D eigenvalue weighted by molar-refractivity contribution is 5.37. The maximum Gasteiger partial charge on any atom is 0.101 e. The Balaban J connectivity index is 2.32. The monoisotopic (exact) mass is 221 g/mol. The van der Waals surface area contributed by atoms with Gasteiger partial charge in [-0.25, -0.2) is 4.39 Å². The highest BCUT2D eigenvalue weighted by atomic mass is 19.1. The lowest BCUT2D eigenvalue weighted by Gasteiger charge is -2.42. The second-order valence-electron chi connectivity index (χ2n) is 4.98. The number of hydrogen-bond acceptors (Lipinski definition) is 1. The fourth-order valence-corrected chi connectivity index (χ4v) is 2.71. The molecule has 88 valence electrons. The average Bonchev–Trinajstić information content (AvgIpc) is 2.19. The zero-order valence-corrected chi connectivity index (χ0v) is 9.88. The van der Waals surface area contributed by atoms with E-state index in [2.05, 4.69) is 6.07 Å². The zero-order valence-electron chi connectivity index (χ0n) is 9.88. The van der Waals surface area contributed by atoms with Gasteiger partial charge < -0.3 is 5.73 Å². The standard InChI is InChI=1S/C14H20FN/c1-11(15)9-12-5-2-3-6-13(12)14(10-16)7-4-8-14/h2-3,5-6,11H,4,7-10,16H2,1H3. The molecule has 2 heteroatoms. The second-order valence-corrected chi connectivity index (χ2v) is 4.98. The highest BCUT2D eigenvalue weighted by Gasteiger charge is 2.38. The number of alkyl halides is 1. The molecule has 1 atom stereocenters. The molecule has 1 aromatic rings. The van der Waals surface area contributed by atoms with Gasteiger partial charge in [-0.2, -0.15) is 0 Å². The molecule has 0 bridgehead atoms. The average molecular weight is 221 g/mol. The molecule has 0 aliphatic heterocycles. The summed E-state index contributed by atoms with van der Waals surface area (Å²) < 4.78 is 13.2. The lowest BCUT2D eigenvalue weighted by Crippen LogP contribution is -2.42. The van der Waals surface area contributed by atoms with Crippen LogP contribution in [0.3, 0.4) is 0 Å². The van der Waals surface area contributed by atoms with Crippen LogP contribution in [0.15, 0.2) is 24.3 Å². The molecule has 0 spiro atoms. The topological polar surface area (TPSA) is 26.0 Å². The minimum absolute atomic E-state index is 0.144. The lowest BCUT2D eigenvalue weighted by atomic mass is 9.63. The normalized spacial score (nSPS) is 20.2. The SMILES string of the molecule is CC(F)Cc1ccccc1C1(CN)CCC1. The predicted octanol–water partition coefficient (Wildman–Crippen LogP) is 2.97. The first kappa shape index (κ1) is 11.6. The van der Waals surface area contributed by atoms with E-state index in [0.29, 0.717) is 13.0 Å². The Hall–Kier alpha value is -0.890. The molecule has 0 saturated heterocycles. The maximum atomic E-state index is 13.2. The lowest BCUT2D eigenvalue weighted by molar-refractivity contribution is 0.249. The van der Waals surface area contributed by atoms with Gasteiger partial charge in [0.1, 0.15) is 6.17 Å². The van der Waals surface area contributed by atoms with Gasteiger partial charge in [-0.15, -0.1) is 0 Å². The van der Waals surface area contributed by atoms with Crippen LogP contribution in [-0.4, -0.2) is 12.7 Å². The van der Waals surface area contributed by atoms with Crippen molar-refractivity contribution in [2.75, 3.05) is 6.54 Å². The number of nitrogens with two attached hydrogens (primary N) is 1. The van der Waals surface area contributed by atoms with Crippen LogP contribution < -0.4 is 5.73 Å². The summed E-state index contributed by atoms with van der Waals surface area (Å²) in [4.78, 5) is 0. The van der Waals surface area contributed by atoms with Crippen molar-refractivity contribution in [2.24, 2.45) is 5.73 Å². The molecule has 2 N–H and O–H groups in total. The molecule has 0 amide bonds. The minimum atomic E-state index is -0.781. The molecule has 16 heavy (non-hydrogen) atoms. The van der Waals surface area contributed by atoms with Gasteiger partial charge >= 0.3 is 0 Å². The van der Waals surface area contributed by atoms with Gasteiger partial charge in [-0.3, -0.25) is 0 Å². The minimum Gasteiger partial charge on any atom is -0.330 e. The number of rotatable bonds is 4. The highest BCUT2D eigenvalue weighted by Crippen LogP contribution is 2.44. The predicted molar refractivity (Wildman–Crippen MR) is 65.3 cm³/mol. The van der Waals surface area contributed by atoms with Crippen LogP contribution >= 0.6 is 0 Å². The molecule has 1 aliphatic carbocycles. The van der Waals surface area contributed by atoms with Gasteiger partial charge in [-0.05, 0) is 30.9 Å². The van der Waals surface area contributed by atoms with E-state index < -0.39 is 6.17 Å². The first-order valence-electron chi connectivity index (χ1n) is 6.10. The van der Waals surface area contributed by atoms with Crippen molar-refractivity contribution in [2.45, 2.75) is 44.2 Å². The molecular weight excluding hydrogens is 201 g/mol. The Bertz CT molecular complexity index is 350. The van der Waals surface area contributed by atoms with E-state index in [9.17, 15) is 4.39 Å². The smallest absolute Gasteiger partial charge is 0.101 e. The van der Waals surface area contributed by atoms with Crippen LogP contribution in [0.4, 0.5) is 4.39 Å². The second kappa shape index (κ2) is 4.54. The van der Waals surface area contributed by atoms with Crippen molar-refractivity contribution in [1.82, 2.24) is 0 Å². The molecule has 1 saturated carbocycles. The molecule has 0 heterocycles. The molecule has 1 aliphatic rings. The number of halogens is 1. The Labute approximate surface area is 96.9 Å². The summed E-state index contributed by atoms with van der Waals surface area (Å²) in [5.74, 6) is 0. The molecule has 1 unspecified atom stereocenters. The Morgan fingerprint density at radius 1 is 1.38 bits per heavy atom. The van der Waals surface area contributed by atoms with Crippen LogP contribution in [0.1, 0.15) is 37.3 Å². The van der Waals surface area contributed by atoms with Crippen molar-refractivity contribution in [3.63, 3.8) is 0 Å². The van der Waals surface area contributed by atoms with E-state index >= 15 is 0 Å². The van der Waals surface area contributed by atoms with Crippen LogP contribution in [0, 0.1) is 0 Å². The van der Waals surface area contributed by atoms with Crippen molar-refractivity contribution in [3.8, 4) is 0 Å². The first-order valence-corrected chi connectivity index (χ1v) is 6.10. The molecule has 2 rings (SSSR count). The van der Waals surface area contributed by atoms with Crippen LogP contribution in [0.5, 0.6) is 0 Å². The van der Waals surface area contributed by atoms with Crippen molar-refractivity contribution >= 4 is 0 Å². The van der Waals surface area contributed by atoms with Gasteiger partial charge in [0.05, 0.1) is 0 Å². The van der Waals surface area contributed by atoms with Gasteiger partial charge in [-0.1, -0.05) is 30.7 Å². The third-order valence-corrected chi connectivity index (χ3v) is 3.79. The third kappa shape index (κ3) is 1.99. The molecule has 0 radical (unpaired) electrons. The summed E-state index contributed by atoms with van der Waals surface area (Å²) in [5.41, 5.74) is 8.48. The van der Waals surface area contributed by atoms with Gasteiger partial charge in [0, 0.05) is 18.4 Å². The van der Waals surface area contributed by atoms with Crippen LogP contribution in [-0.2, 0) is 11.8 Å². The number of benzene rings is 1. The maximum absolute atomic E-state index is 13.2. The zero-order chi connectivity index (χ0) is 11.6. The Morgan fingerprint density at radius 3 is 2.56 bits per heavy atom. The summed E-state index contributed by atoms with van der Waals surface area (Å²) in [6, 6.07) is 8.20. The van der Waals surface area contributed by atoms with E-state index in [0.717, 1.165) is 18.4 Å². The van der Waals surface area contributed by atoms with Crippen molar-refractivity contribution < 1.29 is 4.39 Å². The van der Waals surface area contributed by atoms with Crippen molar-refractivity contribution in [3.05, 3.63) is 35.4 Å². The van der Waals surface area contributed by atoms with Crippen LogP contribution in [0.2, 0.25) is 0 Å². The Kier molecular flexibility index (Phi) is 3.29. The molecule has 1 nitrogen and oxygen atoms in total. The van der Waals surface area contributed by atoms with E-state index in [1.165, 1.54) is 12.0 Å². The number of hydrogen-bond donors (Lipinski definition) is 1. The van der Waals surface area contributed by atoms with Gasteiger partial charge in [0.15, 0.2) is 0 Å². The molecule has 0 aromatic heterocycles. The molecule has 1 fully saturated rings. The summed E-state index contributed by atoms with van der Waals surface area (Å²) in [5, 5.41) is 0. The summed E-state index contributed by atoms with van der Waals surface area (Å²) in [6.07, 6.45) is 3.29. The van der Waals surface area contributed by atoms with Gasteiger partial charge in [0.2, 0.25) is 0 Å². The molecule has 1 aromatic carbocycles. The van der Waals surface area contributed by atoms with E-state index in [1.54, 1.807) is 6.92 Å². The largest absolute Gasteiger partial charge is 0.330 e. The van der Waals surface area contributed by atoms with E-state index in [-0.39, 0.29) is 5.41 Å².